The van der Waals surface area contributed by atoms with Gasteiger partial charge in [-0.1, -0.05) is 19.4 Å². The molecular formula is C17H25NO. The van der Waals surface area contributed by atoms with E-state index in [-0.39, 0.29) is 0 Å². The SMILES string of the molecule is CCCC1CC(Nc2ccc3c(c2)CCC3)CCO1. The van der Waals surface area contributed by atoms with Gasteiger partial charge in [0.2, 0.25) is 0 Å². The fraction of sp³-hybridized carbons (Fsp3) is 0.647. The molecule has 1 heterocycles. The Morgan fingerprint density at radius 1 is 1.26 bits per heavy atom. The zero-order valence-corrected chi connectivity index (χ0v) is 12.0. The zero-order valence-electron chi connectivity index (χ0n) is 12.0. The molecule has 0 bridgehead atoms. The average molecular weight is 259 g/mol. The van der Waals surface area contributed by atoms with Gasteiger partial charge in [0.1, 0.15) is 0 Å². The summed E-state index contributed by atoms with van der Waals surface area (Å²) in [5, 5.41) is 3.72. The Labute approximate surface area is 116 Å². The van der Waals surface area contributed by atoms with E-state index in [0.29, 0.717) is 12.1 Å². The molecule has 1 fully saturated rings. The van der Waals surface area contributed by atoms with Gasteiger partial charge in [0.15, 0.2) is 0 Å². The topological polar surface area (TPSA) is 21.3 Å². The number of rotatable bonds is 4. The van der Waals surface area contributed by atoms with E-state index >= 15 is 0 Å². The van der Waals surface area contributed by atoms with Gasteiger partial charge in [-0.25, -0.2) is 0 Å². The van der Waals surface area contributed by atoms with Gasteiger partial charge in [0.05, 0.1) is 6.10 Å². The molecule has 2 atom stereocenters. The molecule has 0 spiro atoms. The van der Waals surface area contributed by atoms with E-state index in [1.807, 2.05) is 0 Å². The van der Waals surface area contributed by atoms with Gasteiger partial charge in [-0.2, -0.15) is 0 Å². The molecule has 1 aromatic carbocycles. The Balaban J connectivity index is 1.61. The number of hydrogen-bond acceptors (Lipinski definition) is 2. The maximum absolute atomic E-state index is 5.82. The van der Waals surface area contributed by atoms with Crippen LogP contribution in [0.25, 0.3) is 0 Å². The fourth-order valence-electron chi connectivity index (χ4n) is 3.43. The van der Waals surface area contributed by atoms with Gasteiger partial charge >= 0.3 is 0 Å². The number of nitrogens with one attached hydrogen (secondary N) is 1. The van der Waals surface area contributed by atoms with Crippen molar-refractivity contribution in [2.24, 2.45) is 0 Å². The van der Waals surface area contributed by atoms with Crippen LogP contribution in [0.1, 0.15) is 50.2 Å². The van der Waals surface area contributed by atoms with E-state index in [1.165, 1.54) is 37.8 Å². The number of benzene rings is 1. The highest BCUT2D eigenvalue weighted by molar-refractivity contribution is 5.50. The zero-order chi connectivity index (χ0) is 13.1. The minimum atomic E-state index is 0.464. The summed E-state index contributed by atoms with van der Waals surface area (Å²) in [5.41, 5.74) is 4.42. The van der Waals surface area contributed by atoms with Crippen LogP contribution in [0.4, 0.5) is 5.69 Å². The van der Waals surface area contributed by atoms with Crippen molar-refractivity contribution in [3.05, 3.63) is 29.3 Å². The highest BCUT2D eigenvalue weighted by atomic mass is 16.5. The minimum Gasteiger partial charge on any atom is -0.382 e. The van der Waals surface area contributed by atoms with E-state index in [2.05, 4.69) is 30.4 Å². The van der Waals surface area contributed by atoms with Crippen molar-refractivity contribution in [3.63, 3.8) is 0 Å². The third kappa shape index (κ3) is 3.11. The molecule has 1 N–H and O–H groups in total. The standard InChI is InChI=1S/C17H25NO/c1-2-4-17-12-16(9-10-19-17)18-15-8-7-13-5-3-6-14(13)11-15/h7-8,11,16-18H,2-6,9-10,12H2,1H3. The van der Waals surface area contributed by atoms with E-state index in [1.54, 1.807) is 11.1 Å². The number of ether oxygens (including phenoxy) is 1. The summed E-state index contributed by atoms with van der Waals surface area (Å²) in [6.45, 7) is 3.15. The molecule has 0 saturated carbocycles. The fourth-order valence-corrected chi connectivity index (χ4v) is 3.43. The van der Waals surface area contributed by atoms with E-state index in [9.17, 15) is 0 Å². The predicted molar refractivity (Wildman–Crippen MR) is 79.8 cm³/mol. The molecule has 1 aromatic rings. The Bertz CT molecular complexity index is 427. The third-order valence-electron chi connectivity index (χ3n) is 4.45. The lowest BCUT2D eigenvalue weighted by Gasteiger charge is -2.30. The summed E-state index contributed by atoms with van der Waals surface area (Å²) >= 11 is 0. The second-order valence-electron chi connectivity index (χ2n) is 5.98. The molecule has 19 heavy (non-hydrogen) atoms. The smallest absolute Gasteiger partial charge is 0.0594 e. The molecule has 2 unspecified atom stereocenters. The van der Waals surface area contributed by atoms with Gasteiger partial charge in [0.25, 0.3) is 0 Å². The van der Waals surface area contributed by atoms with Gasteiger partial charge in [0, 0.05) is 18.3 Å². The van der Waals surface area contributed by atoms with Crippen molar-refractivity contribution >= 4 is 5.69 Å². The molecule has 3 rings (SSSR count). The summed E-state index contributed by atoms with van der Waals surface area (Å²) in [6, 6.07) is 7.53. The lowest BCUT2D eigenvalue weighted by molar-refractivity contribution is 0.00598. The molecular weight excluding hydrogens is 234 g/mol. The summed E-state index contributed by atoms with van der Waals surface area (Å²) in [5.74, 6) is 0. The molecule has 1 aliphatic heterocycles. The largest absolute Gasteiger partial charge is 0.382 e. The van der Waals surface area contributed by atoms with Crippen LogP contribution in [0.3, 0.4) is 0 Å². The van der Waals surface area contributed by atoms with Crippen LogP contribution in [0.15, 0.2) is 18.2 Å². The van der Waals surface area contributed by atoms with Crippen LogP contribution < -0.4 is 5.32 Å². The first-order valence-electron chi connectivity index (χ1n) is 7.85. The van der Waals surface area contributed by atoms with Crippen molar-refractivity contribution in [1.82, 2.24) is 0 Å². The number of aryl methyl sites for hydroxylation is 2. The van der Waals surface area contributed by atoms with Gasteiger partial charge < -0.3 is 10.1 Å². The van der Waals surface area contributed by atoms with Gasteiger partial charge in [-0.05, 0) is 61.8 Å². The first-order valence-corrected chi connectivity index (χ1v) is 7.85. The summed E-state index contributed by atoms with van der Waals surface area (Å²) in [6.07, 6.45) is 9.03. The van der Waals surface area contributed by atoms with Crippen LogP contribution in [0, 0.1) is 0 Å². The molecule has 2 nitrogen and oxygen atoms in total. The van der Waals surface area contributed by atoms with Crippen LogP contribution in [-0.2, 0) is 17.6 Å². The molecule has 0 radical (unpaired) electrons. The average Bonchev–Trinajstić information content (AvgIpc) is 2.87. The predicted octanol–water partition coefficient (Wildman–Crippen LogP) is 3.93. The Hall–Kier alpha value is -1.02. The van der Waals surface area contributed by atoms with Crippen LogP contribution in [-0.4, -0.2) is 18.8 Å². The second-order valence-corrected chi connectivity index (χ2v) is 5.98. The highest BCUT2D eigenvalue weighted by Gasteiger charge is 2.22. The van der Waals surface area contributed by atoms with Crippen molar-refractivity contribution < 1.29 is 4.74 Å². The maximum atomic E-state index is 5.82. The maximum Gasteiger partial charge on any atom is 0.0594 e. The molecule has 0 amide bonds. The molecule has 2 aliphatic rings. The lowest BCUT2D eigenvalue weighted by atomic mass is 9.99. The number of hydrogen-bond donors (Lipinski definition) is 1. The third-order valence-corrected chi connectivity index (χ3v) is 4.45. The monoisotopic (exact) mass is 259 g/mol. The summed E-state index contributed by atoms with van der Waals surface area (Å²) in [4.78, 5) is 0. The number of fused-ring (bicyclic) bond motifs is 1. The van der Waals surface area contributed by atoms with Crippen molar-refractivity contribution in [2.45, 2.75) is 64.0 Å². The van der Waals surface area contributed by atoms with E-state index in [4.69, 9.17) is 4.74 Å². The molecule has 104 valence electrons. The molecule has 1 aliphatic carbocycles. The Morgan fingerprint density at radius 2 is 2.16 bits per heavy atom. The van der Waals surface area contributed by atoms with E-state index in [0.717, 1.165) is 19.4 Å². The quantitative estimate of drug-likeness (QED) is 0.884. The first kappa shape index (κ1) is 13.0. The summed E-state index contributed by atoms with van der Waals surface area (Å²) < 4.78 is 5.82. The first-order chi connectivity index (χ1) is 9.35. The van der Waals surface area contributed by atoms with Gasteiger partial charge in [-0.15, -0.1) is 0 Å². The van der Waals surface area contributed by atoms with Crippen molar-refractivity contribution in [1.29, 1.82) is 0 Å². The highest BCUT2D eigenvalue weighted by Crippen LogP contribution is 2.27. The second kappa shape index (κ2) is 5.96. The lowest BCUT2D eigenvalue weighted by Crippen LogP contribution is -2.34. The van der Waals surface area contributed by atoms with Crippen LogP contribution in [0.2, 0.25) is 0 Å². The Morgan fingerprint density at radius 3 is 3.05 bits per heavy atom. The normalized spacial score (nSPS) is 26.2. The van der Waals surface area contributed by atoms with Crippen LogP contribution >= 0.6 is 0 Å². The van der Waals surface area contributed by atoms with Crippen molar-refractivity contribution in [3.8, 4) is 0 Å². The Kier molecular flexibility index (Phi) is 4.07. The van der Waals surface area contributed by atoms with Crippen LogP contribution in [0.5, 0.6) is 0 Å². The summed E-state index contributed by atoms with van der Waals surface area (Å²) in [7, 11) is 0. The van der Waals surface area contributed by atoms with Gasteiger partial charge in [-0.3, -0.25) is 0 Å². The molecule has 0 aromatic heterocycles. The molecule has 1 saturated heterocycles. The number of anilines is 1. The van der Waals surface area contributed by atoms with Crippen molar-refractivity contribution in [2.75, 3.05) is 11.9 Å². The minimum absolute atomic E-state index is 0.464. The molecule has 2 heteroatoms. The van der Waals surface area contributed by atoms with E-state index < -0.39 is 0 Å².